The molecule has 2 N–H and O–H groups in total. The van der Waals surface area contributed by atoms with E-state index in [2.05, 4.69) is 12.2 Å². The second-order valence-corrected chi connectivity index (χ2v) is 5.96. The summed E-state index contributed by atoms with van der Waals surface area (Å²) in [6.45, 7) is 0. The fourth-order valence-corrected chi connectivity index (χ4v) is 4.43. The molecule has 1 aromatic rings. The van der Waals surface area contributed by atoms with Crippen molar-refractivity contribution in [3.8, 4) is 0 Å². The number of allylic oxidation sites excluding steroid dienone is 2. The minimum atomic E-state index is -0.410. The van der Waals surface area contributed by atoms with Crippen molar-refractivity contribution in [2.24, 2.45) is 23.7 Å². The summed E-state index contributed by atoms with van der Waals surface area (Å²) in [6, 6.07) is 7.83. The molecular weight excluding hydrogens is 224 g/mol. The number of rotatable bonds is 0. The molecule has 6 atom stereocenters. The van der Waals surface area contributed by atoms with Gasteiger partial charge in [-0.25, -0.2) is 0 Å². The van der Waals surface area contributed by atoms with E-state index in [1.807, 2.05) is 24.3 Å². The maximum absolute atomic E-state index is 10.7. The maximum Gasteiger partial charge on any atom is 0.0831 e. The molecule has 0 radical (unpaired) electrons. The third-order valence-corrected chi connectivity index (χ3v) is 5.23. The average Bonchev–Trinajstić information content (AvgIpc) is 2.45. The van der Waals surface area contributed by atoms with E-state index in [1.165, 1.54) is 0 Å². The molecule has 0 saturated heterocycles. The van der Waals surface area contributed by atoms with Crippen LogP contribution in [0.3, 0.4) is 0 Å². The van der Waals surface area contributed by atoms with Crippen molar-refractivity contribution in [2.45, 2.75) is 25.0 Å². The lowest BCUT2D eigenvalue weighted by molar-refractivity contribution is -0.0778. The number of hydrogen-bond acceptors (Lipinski definition) is 2. The van der Waals surface area contributed by atoms with Crippen LogP contribution in [0.4, 0.5) is 0 Å². The van der Waals surface area contributed by atoms with Crippen LogP contribution in [0.15, 0.2) is 36.4 Å². The largest absolute Gasteiger partial charge is 0.388 e. The first-order valence-corrected chi connectivity index (χ1v) is 6.90. The van der Waals surface area contributed by atoms with Crippen molar-refractivity contribution in [1.82, 2.24) is 0 Å². The normalized spacial score (nSPS) is 44.6. The molecule has 0 heterocycles. The Labute approximate surface area is 107 Å². The minimum absolute atomic E-state index is 0.207. The molecule has 2 bridgehead atoms. The molecule has 2 heteroatoms. The Kier molecular flexibility index (Phi) is 2.21. The topological polar surface area (TPSA) is 40.5 Å². The smallest absolute Gasteiger partial charge is 0.0831 e. The number of benzene rings is 1. The van der Waals surface area contributed by atoms with Gasteiger partial charge in [-0.3, -0.25) is 0 Å². The van der Waals surface area contributed by atoms with Crippen LogP contribution in [0.25, 0.3) is 0 Å². The molecule has 94 valence electrons. The summed E-state index contributed by atoms with van der Waals surface area (Å²) < 4.78 is 0. The van der Waals surface area contributed by atoms with E-state index < -0.39 is 12.2 Å². The van der Waals surface area contributed by atoms with E-state index in [4.69, 9.17) is 0 Å². The van der Waals surface area contributed by atoms with Gasteiger partial charge in [0, 0.05) is 11.8 Å². The molecule has 0 aromatic heterocycles. The minimum Gasteiger partial charge on any atom is -0.388 e. The molecule has 4 aliphatic rings. The van der Waals surface area contributed by atoms with Crippen LogP contribution in [-0.4, -0.2) is 10.2 Å². The van der Waals surface area contributed by atoms with Crippen molar-refractivity contribution in [3.05, 3.63) is 47.5 Å². The van der Waals surface area contributed by atoms with Crippen LogP contribution in [-0.2, 0) is 0 Å². The first-order valence-electron chi connectivity index (χ1n) is 6.90. The Morgan fingerprint density at radius 3 is 1.61 bits per heavy atom. The summed E-state index contributed by atoms with van der Waals surface area (Å²) >= 11 is 0. The van der Waals surface area contributed by atoms with E-state index in [0.717, 1.165) is 24.0 Å². The highest BCUT2D eigenvalue weighted by molar-refractivity contribution is 5.37. The van der Waals surface area contributed by atoms with Gasteiger partial charge in [-0.2, -0.15) is 0 Å². The summed E-state index contributed by atoms with van der Waals surface area (Å²) in [5.74, 6) is 1.30. The summed E-state index contributed by atoms with van der Waals surface area (Å²) in [5.41, 5.74) is 1.87. The highest BCUT2D eigenvalue weighted by atomic mass is 16.3. The van der Waals surface area contributed by atoms with Crippen LogP contribution in [0.5, 0.6) is 0 Å². The monoisotopic (exact) mass is 242 g/mol. The second-order valence-electron chi connectivity index (χ2n) is 5.96. The van der Waals surface area contributed by atoms with E-state index >= 15 is 0 Å². The zero-order valence-electron chi connectivity index (χ0n) is 10.2. The van der Waals surface area contributed by atoms with Crippen molar-refractivity contribution >= 4 is 0 Å². The predicted octanol–water partition coefficient (Wildman–Crippen LogP) is 2.60. The van der Waals surface area contributed by atoms with Gasteiger partial charge in [-0.1, -0.05) is 36.4 Å². The van der Waals surface area contributed by atoms with Gasteiger partial charge >= 0.3 is 0 Å². The molecule has 0 amide bonds. The first kappa shape index (κ1) is 10.8. The molecule has 2 nitrogen and oxygen atoms in total. The van der Waals surface area contributed by atoms with Gasteiger partial charge in [-0.15, -0.1) is 0 Å². The van der Waals surface area contributed by atoms with Gasteiger partial charge < -0.3 is 10.2 Å². The molecule has 0 unspecified atom stereocenters. The molecule has 5 rings (SSSR count). The van der Waals surface area contributed by atoms with Crippen LogP contribution < -0.4 is 0 Å². The Bertz CT molecular complexity index is 463. The van der Waals surface area contributed by atoms with Crippen molar-refractivity contribution < 1.29 is 10.2 Å². The number of aliphatic hydroxyl groups excluding tert-OH is 2. The number of hydrogen-bond donors (Lipinski definition) is 2. The number of aliphatic hydroxyl groups is 2. The summed E-state index contributed by atoms with van der Waals surface area (Å²) in [4.78, 5) is 0. The lowest BCUT2D eigenvalue weighted by Gasteiger charge is -2.52. The third kappa shape index (κ3) is 1.25. The summed E-state index contributed by atoms with van der Waals surface area (Å²) in [7, 11) is 0. The number of fused-ring (bicyclic) bond motifs is 2. The summed E-state index contributed by atoms with van der Waals surface area (Å²) in [6.07, 6.45) is 6.03. The Morgan fingerprint density at radius 1 is 0.778 bits per heavy atom. The predicted molar refractivity (Wildman–Crippen MR) is 68.7 cm³/mol. The second kappa shape index (κ2) is 3.69. The lowest BCUT2D eigenvalue weighted by Crippen LogP contribution is -2.46. The third-order valence-electron chi connectivity index (χ3n) is 5.23. The van der Waals surface area contributed by atoms with Crippen LogP contribution in [0.2, 0.25) is 0 Å². The van der Waals surface area contributed by atoms with Crippen LogP contribution in [0.1, 0.15) is 36.2 Å². The summed E-state index contributed by atoms with van der Waals surface area (Å²) in [5, 5.41) is 21.3. The standard InChI is InChI=1S/C16H18O2/c17-15-11-3-1-2-4-12(11)16(18)14-10-7-5-9(6-8-10)13(14)15/h1-5,7,9-10,13-18H,6,8H2/t9-,10-,13-,14+,15+,16-/m0/s1. The molecule has 1 aromatic carbocycles. The van der Waals surface area contributed by atoms with Crippen molar-refractivity contribution in [1.29, 1.82) is 0 Å². The van der Waals surface area contributed by atoms with Crippen molar-refractivity contribution in [2.75, 3.05) is 0 Å². The zero-order chi connectivity index (χ0) is 12.3. The highest BCUT2D eigenvalue weighted by Crippen LogP contribution is 2.57. The Hall–Kier alpha value is -1.12. The Morgan fingerprint density at radius 2 is 1.22 bits per heavy atom. The molecule has 0 spiro atoms. The maximum atomic E-state index is 10.7. The van der Waals surface area contributed by atoms with E-state index in [9.17, 15) is 10.2 Å². The van der Waals surface area contributed by atoms with E-state index in [0.29, 0.717) is 11.8 Å². The molecule has 1 fully saturated rings. The fraction of sp³-hybridized carbons (Fsp3) is 0.500. The van der Waals surface area contributed by atoms with Crippen LogP contribution >= 0.6 is 0 Å². The Balaban J connectivity index is 1.87. The van der Waals surface area contributed by atoms with Gasteiger partial charge in [0.15, 0.2) is 0 Å². The molecule has 18 heavy (non-hydrogen) atoms. The SMILES string of the molecule is O[C@@H]1c2ccccc2[C@H](O)[C@H]2[C@@H]1[C@H]1C=C[C@H]2CC1. The lowest BCUT2D eigenvalue weighted by atomic mass is 9.55. The first-order chi connectivity index (χ1) is 8.77. The van der Waals surface area contributed by atoms with Gasteiger partial charge in [0.25, 0.3) is 0 Å². The molecule has 4 aliphatic carbocycles. The zero-order valence-corrected chi connectivity index (χ0v) is 10.2. The van der Waals surface area contributed by atoms with Gasteiger partial charge in [-0.05, 0) is 35.8 Å². The van der Waals surface area contributed by atoms with Gasteiger partial charge in [0.1, 0.15) is 0 Å². The average molecular weight is 242 g/mol. The fourth-order valence-electron chi connectivity index (χ4n) is 4.43. The van der Waals surface area contributed by atoms with Gasteiger partial charge in [0.05, 0.1) is 12.2 Å². The van der Waals surface area contributed by atoms with E-state index in [1.54, 1.807) is 0 Å². The molecular formula is C16H18O2. The quantitative estimate of drug-likeness (QED) is 0.686. The van der Waals surface area contributed by atoms with Crippen molar-refractivity contribution in [3.63, 3.8) is 0 Å². The van der Waals surface area contributed by atoms with E-state index in [-0.39, 0.29) is 11.8 Å². The molecule has 0 aliphatic heterocycles. The molecule has 1 saturated carbocycles. The highest BCUT2D eigenvalue weighted by Gasteiger charge is 2.51. The van der Waals surface area contributed by atoms with Gasteiger partial charge in [0.2, 0.25) is 0 Å². The van der Waals surface area contributed by atoms with Crippen LogP contribution in [0, 0.1) is 23.7 Å².